The average Bonchev–Trinajstić information content (AvgIpc) is 2.33. The molecule has 0 atom stereocenters. The highest BCUT2D eigenvalue weighted by Crippen LogP contribution is 2.14. The fraction of sp³-hybridized carbons (Fsp3) is 0.417. The quantitative estimate of drug-likeness (QED) is 0.601. The molecule has 72 valence electrons. The van der Waals surface area contributed by atoms with Crippen molar-refractivity contribution in [1.29, 1.82) is 0 Å². The first-order valence-electron chi connectivity index (χ1n) is 4.76. The molecule has 0 aromatic heterocycles. The van der Waals surface area contributed by atoms with Gasteiger partial charge in [0, 0.05) is 5.57 Å². The third kappa shape index (κ3) is 3.88. The highest BCUT2D eigenvalue weighted by molar-refractivity contribution is 5.97. The van der Waals surface area contributed by atoms with E-state index in [2.05, 4.69) is 0 Å². The summed E-state index contributed by atoms with van der Waals surface area (Å²) in [7, 11) is 0. The van der Waals surface area contributed by atoms with Crippen LogP contribution in [0.1, 0.15) is 34.1 Å². The molecule has 13 heavy (non-hydrogen) atoms. The maximum Gasteiger partial charge on any atom is 0.159 e. The van der Waals surface area contributed by atoms with Gasteiger partial charge in [0.15, 0.2) is 5.78 Å². The molecule has 1 nitrogen and oxygen atoms in total. The smallest absolute Gasteiger partial charge is 0.159 e. The van der Waals surface area contributed by atoms with E-state index in [4.69, 9.17) is 0 Å². The second kappa shape index (κ2) is 6.41. The van der Waals surface area contributed by atoms with Crippen molar-refractivity contribution in [2.75, 3.05) is 0 Å². The molecule has 1 aliphatic rings. The molecule has 1 aliphatic carbocycles. The maximum atomic E-state index is 11.0. The third-order valence-corrected chi connectivity index (χ3v) is 1.74. The van der Waals surface area contributed by atoms with Crippen LogP contribution in [0.3, 0.4) is 0 Å². The Balaban J connectivity index is 0.000000671. The van der Waals surface area contributed by atoms with Crippen LogP contribution < -0.4 is 0 Å². The van der Waals surface area contributed by atoms with E-state index in [9.17, 15) is 4.79 Å². The van der Waals surface area contributed by atoms with E-state index in [0.29, 0.717) is 0 Å². The van der Waals surface area contributed by atoms with E-state index in [1.165, 1.54) is 0 Å². The Bertz CT molecular complexity index is 254. The molecule has 0 aromatic rings. The highest BCUT2D eigenvalue weighted by Gasteiger charge is 2.05. The second-order valence-corrected chi connectivity index (χ2v) is 2.69. The van der Waals surface area contributed by atoms with Crippen LogP contribution in [0, 0.1) is 0 Å². The van der Waals surface area contributed by atoms with Crippen LogP contribution in [0.5, 0.6) is 0 Å². The van der Waals surface area contributed by atoms with Crippen LogP contribution in [0.4, 0.5) is 0 Å². The summed E-state index contributed by atoms with van der Waals surface area (Å²) in [5.74, 6) is 0.155. The van der Waals surface area contributed by atoms with Crippen molar-refractivity contribution in [3.63, 3.8) is 0 Å². The molecule has 0 spiro atoms. The summed E-state index contributed by atoms with van der Waals surface area (Å²) >= 11 is 0. The topological polar surface area (TPSA) is 17.1 Å². The number of hydrogen-bond donors (Lipinski definition) is 0. The van der Waals surface area contributed by atoms with Crippen molar-refractivity contribution in [2.24, 2.45) is 0 Å². The van der Waals surface area contributed by atoms with Crippen LogP contribution in [-0.2, 0) is 4.79 Å². The van der Waals surface area contributed by atoms with Crippen molar-refractivity contribution >= 4 is 5.78 Å². The molecule has 0 aliphatic heterocycles. The van der Waals surface area contributed by atoms with Crippen molar-refractivity contribution in [2.45, 2.75) is 34.1 Å². The SMILES string of the molecule is CC.CC(=O)C1=CCC=CC=C1C. The van der Waals surface area contributed by atoms with Crippen LogP contribution in [0.25, 0.3) is 0 Å². The first kappa shape index (κ1) is 11.9. The van der Waals surface area contributed by atoms with Crippen LogP contribution >= 0.6 is 0 Å². The Labute approximate surface area is 80.8 Å². The molecule has 0 saturated carbocycles. The number of ketones is 1. The molecule has 0 saturated heterocycles. The predicted molar refractivity (Wildman–Crippen MR) is 57.6 cm³/mol. The minimum absolute atomic E-state index is 0.155. The number of carbonyl (C=O) groups is 1. The number of Topliss-reactive ketones (excluding diaryl/α,β-unsaturated/α-hetero) is 1. The first-order chi connectivity index (χ1) is 6.22. The van der Waals surface area contributed by atoms with Gasteiger partial charge in [0.25, 0.3) is 0 Å². The van der Waals surface area contributed by atoms with Gasteiger partial charge in [0.05, 0.1) is 0 Å². The zero-order chi connectivity index (χ0) is 10.3. The van der Waals surface area contributed by atoms with Gasteiger partial charge < -0.3 is 0 Å². The van der Waals surface area contributed by atoms with E-state index in [1.807, 2.05) is 45.1 Å². The molecule has 0 unspecified atom stereocenters. The zero-order valence-corrected chi connectivity index (χ0v) is 8.92. The lowest BCUT2D eigenvalue weighted by Crippen LogP contribution is -1.96. The van der Waals surface area contributed by atoms with Gasteiger partial charge in [-0.05, 0) is 25.8 Å². The molecule has 0 amide bonds. The van der Waals surface area contributed by atoms with Gasteiger partial charge in [-0.15, -0.1) is 0 Å². The molecule has 1 rings (SSSR count). The Morgan fingerprint density at radius 1 is 1.38 bits per heavy atom. The summed E-state index contributed by atoms with van der Waals surface area (Å²) in [6.45, 7) is 7.57. The summed E-state index contributed by atoms with van der Waals surface area (Å²) in [6, 6.07) is 0. The van der Waals surface area contributed by atoms with Crippen LogP contribution in [0.15, 0.2) is 35.5 Å². The van der Waals surface area contributed by atoms with Gasteiger partial charge in [0.1, 0.15) is 0 Å². The average molecular weight is 178 g/mol. The zero-order valence-electron chi connectivity index (χ0n) is 8.92. The maximum absolute atomic E-state index is 11.0. The summed E-state index contributed by atoms with van der Waals surface area (Å²) in [5.41, 5.74) is 1.92. The number of rotatable bonds is 1. The van der Waals surface area contributed by atoms with Gasteiger partial charge in [-0.3, -0.25) is 4.79 Å². The predicted octanol–water partition coefficient (Wildman–Crippen LogP) is 3.43. The summed E-state index contributed by atoms with van der Waals surface area (Å²) < 4.78 is 0. The molecule has 1 heteroatoms. The van der Waals surface area contributed by atoms with Crippen LogP contribution in [-0.4, -0.2) is 5.78 Å². The monoisotopic (exact) mass is 178 g/mol. The summed E-state index contributed by atoms with van der Waals surface area (Å²) in [6.07, 6.45) is 8.84. The van der Waals surface area contributed by atoms with Gasteiger partial charge in [-0.25, -0.2) is 0 Å². The van der Waals surface area contributed by atoms with E-state index >= 15 is 0 Å². The molecule has 0 fully saturated rings. The van der Waals surface area contributed by atoms with Gasteiger partial charge >= 0.3 is 0 Å². The van der Waals surface area contributed by atoms with Gasteiger partial charge in [-0.2, -0.15) is 0 Å². The standard InChI is InChI=1S/C10H12O.C2H6/c1-8-6-4-3-5-7-10(8)9(2)11;1-2/h3-4,6-7H,5H2,1-2H3;1-2H3. The summed E-state index contributed by atoms with van der Waals surface area (Å²) in [5, 5.41) is 0. The van der Waals surface area contributed by atoms with E-state index in [0.717, 1.165) is 17.6 Å². The van der Waals surface area contributed by atoms with Gasteiger partial charge in [-0.1, -0.05) is 38.2 Å². The molecule has 0 bridgehead atoms. The van der Waals surface area contributed by atoms with Crippen molar-refractivity contribution in [3.05, 3.63) is 35.5 Å². The Kier molecular flexibility index (Phi) is 5.86. The van der Waals surface area contributed by atoms with Crippen molar-refractivity contribution < 1.29 is 4.79 Å². The number of hydrogen-bond acceptors (Lipinski definition) is 1. The third-order valence-electron chi connectivity index (χ3n) is 1.74. The Morgan fingerprint density at radius 2 is 2.00 bits per heavy atom. The van der Waals surface area contributed by atoms with E-state index < -0.39 is 0 Å². The first-order valence-corrected chi connectivity index (χ1v) is 4.76. The minimum Gasteiger partial charge on any atom is -0.295 e. The fourth-order valence-electron chi connectivity index (χ4n) is 1.15. The largest absolute Gasteiger partial charge is 0.295 e. The number of allylic oxidation sites excluding steroid dienone is 6. The fourth-order valence-corrected chi connectivity index (χ4v) is 1.15. The van der Waals surface area contributed by atoms with Gasteiger partial charge in [0.2, 0.25) is 0 Å². The van der Waals surface area contributed by atoms with Crippen molar-refractivity contribution in [3.8, 4) is 0 Å². The molecular formula is C12H18O. The molecule has 0 aromatic carbocycles. The second-order valence-electron chi connectivity index (χ2n) is 2.69. The Morgan fingerprint density at radius 3 is 2.54 bits per heavy atom. The summed E-state index contributed by atoms with van der Waals surface area (Å²) in [4.78, 5) is 11.0. The minimum atomic E-state index is 0.155. The lowest BCUT2D eigenvalue weighted by molar-refractivity contribution is -0.113. The Hall–Kier alpha value is -1.11. The van der Waals surface area contributed by atoms with Crippen LogP contribution in [0.2, 0.25) is 0 Å². The normalized spacial score (nSPS) is 14.8. The highest BCUT2D eigenvalue weighted by atomic mass is 16.1. The van der Waals surface area contributed by atoms with E-state index in [-0.39, 0.29) is 5.78 Å². The molecular weight excluding hydrogens is 160 g/mol. The molecule has 0 radical (unpaired) electrons. The lowest BCUT2D eigenvalue weighted by Gasteiger charge is -1.99. The molecule has 0 heterocycles. The van der Waals surface area contributed by atoms with Crippen molar-refractivity contribution in [1.82, 2.24) is 0 Å². The molecule has 0 N–H and O–H groups in total. The number of carbonyl (C=O) groups excluding carboxylic acids is 1. The lowest BCUT2D eigenvalue weighted by atomic mass is 10.0. The van der Waals surface area contributed by atoms with E-state index in [1.54, 1.807) is 6.92 Å².